The second-order valence-corrected chi connectivity index (χ2v) is 6.99. The summed E-state index contributed by atoms with van der Waals surface area (Å²) in [5, 5.41) is 7.62. The number of carbonyl (C=O) groups is 2. The van der Waals surface area contributed by atoms with Crippen LogP contribution in [-0.2, 0) is 9.59 Å². The molecule has 0 radical (unpaired) electrons. The van der Waals surface area contributed by atoms with E-state index < -0.39 is 11.8 Å². The Morgan fingerprint density at radius 1 is 1.27 bits per heavy atom. The average molecular weight is 323 g/mol. The fourth-order valence-electron chi connectivity index (χ4n) is 2.79. The van der Waals surface area contributed by atoms with Crippen molar-refractivity contribution >= 4 is 23.2 Å². The molecule has 22 heavy (non-hydrogen) atoms. The van der Waals surface area contributed by atoms with Crippen molar-refractivity contribution in [3.63, 3.8) is 0 Å². The van der Waals surface area contributed by atoms with E-state index in [0.29, 0.717) is 6.54 Å². The molecule has 1 aliphatic rings. The Balaban J connectivity index is 1.81. The summed E-state index contributed by atoms with van der Waals surface area (Å²) in [6.07, 6.45) is 5.45. The molecule has 0 saturated heterocycles. The number of carbonyl (C=O) groups excluding carboxylic acids is 2. The predicted molar refractivity (Wildman–Crippen MR) is 88.8 cm³/mol. The maximum absolute atomic E-state index is 12.0. The Morgan fingerprint density at radius 3 is 2.59 bits per heavy atom. The van der Waals surface area contributed by atoms with E-state index in [1.807, 2.05) is 36.5 Å². The molecule has 1 saturated carbocycles. The van der Waals surface area contributed by atoms with Crippen molar-refractivity contribution in [1.29, 1.82) is 0 Å². The zero-order valence-corrected chi connectivity index (χ0v) is 14.1. The van der Waals surface area contributed by atoms with Crippen LogP contribution >= 0.6 is 11.3 Å². The van der Waals surface area contributed by atoms with Crippen molar-refractivity contribution in [2.45, 2.75) is 44.2 Å². The zero-order valence-electron chi connectivity index (χ0n) is 13.3. The van der Waals surface area contributed by atoms with Gasteiger partial charge in [0.1, 0.15) is 0 Å². The minimum atomic E-state index is -0.533. The number of amides is 2. The van der Waals surface area contributed by atoms with Crippen LogP contribution in [0, 0.1) is 0 Å². The zero-order chi connectivity index (χ0) is 15.9. The van der Waals surface area contributed by atoms with Gasteiger partial charge in [-0.15, -0.1) is 11.3 Å². The van der Waals surface area contributed by atoms with Crippen LogP contribution in [0.2, 0.25) is 0 Å². The van der Waals surface area contributed by atoms with E-state index in [4.69, 9.17) is 0 Å². The summed E-state index contributed by atoms with van der Waals surface area (Å²) in [4.78, 5) is 27.1. The van der Waals surface area contributed by atoms with Gasteiger partial charge in [0.15, 0.2) is 0 Å². The third-order valence-electron chi connectivity index (χ3n) is 4.10. The largest absolute Gasteiger partial charge is 0.346 e. The van der Waals surface area contributed by atoms with Crippen molar-refractivity contribution in [2.24, 2.45) is 0 Å². The molecule has 0 unspecified atom stereocenters. The first-order valence-electron chi connectivity index (χ1n) is 7.86. The van der Waals surface area contributed by atoms with E-state index in [0.717, 1.165) is 25.7 Å². The highest BCUT2D eigenvalue weighted by atomic mass is 32.1. The van der Waals surface area contributed by atoms with Gasteiger partial charge in [0, 0.05) is 17.5 Å². The predicted octanol–water partition coefficient (Wildman–Crippen LogP) is 1.92. The lowest BCUT2D eigenvalue weighted by Crippen LogP contribution is -2.46. The number of hydrogen-bond donors (Lipinski definition) is 2. The fraction of sp³-hybridized carbons (Fsp3) is 0.625. The van der Waals surface area contributed by atoms with E-state index in [1.165, 1.54) is 11.3 Å². The molecule has 1 fully saturated rings. The second kappa shape index (κ2) is 8.29. The quantitative estimate of drug-likeness (QED) is 0.814. The first kappa shape index (κ1) is 17.0. The fourth-order valence-corrected chi connectivity index (χ4v) is 3.71. The van der Waals surface area contributed by atoms with Gasteiger partial charge in [-0.2, -0.15) is 0 Å². The summed E-state index contributed by atoms with van der Waals surface area (Å²) < 4.78 is 0. The molecular weight excluding hydrogens is 298 g/mol. The van der Waals surface area contributed by atoms with Crippen molar-refractivity contribution in [2.75, 3.05) is 20.6 Å². The molecule has 2 N–H and O–H groups in total. The normalized spacial score (nSPS) is 17.2. The summed E-state index contributed by atoms with van der Waals surface area (Å²) in [5.74, 6) is -1.04. The average Bonchev–Trinajstić information content (AvgIpc) is 3.02. The van der Waals surface area contributed by atoms with Crippen molar-refractivity contribution in [1.82, 2.24) is 15.5 Å². The molecule has 2 amide bonds. The lowest BCUT2D eigenvalue weighted by molar-refractivity contribution is -0.139. The van der Waals surface area contributed by atoms with Gasteiger partial charge in [0.25, 0.3) is 0 Å². The van der Waals surface area contributed by atoms with Crippen LogP contribution in [0.4, 0.5) is 0 Å². The van der Waals surface area contributed by atoms with Crippen molar-refractivity contribution in [3.8, 4) is 0 Å². The Labute approximate surface area is 136 Å². The van der Waals surface area contributed by atoms with Crippen LogP contribution in [0.1, 0.15) is 43.0 Å². The van der Waals surface area contributed by atoms with E-state index in [-0.39, 0.29) is 12.1 Å². The molecule has 0 bridgehead atoms. The van der Waals surface area contributed by atoms with Gasteiger partial charge in [-0.05, 0) is 38.4 Å². The molecule has 1 aromatic rings. The smallest absolute Gasteiger partial charge is 0.309 e. The highest BCUT2D eigenvalue weighted by molar-refractivity contribution is 7.10. The third-order valence-corrected chi connectivity index (χ3v) is 5.07. The number of likely N-dealkylation sites (N-methyl/N-ethyl adjacent to an activating group) is 1. The van der Waals surface area contributed by atoms with Crippen LogP contribution in [0.3, 0.4) is 0 Å². The van der Waals surface area contributed by atoms with Gasteiger partial charge in [-0.25, -0.2) is 0 Å². The summed E-state index contributed by atoms with van der Waals surface area (Å²) >= 11 is 1.65. The summed E-state index contributed by atoms with van der Waals surface area (Å²) in [5.41, 5.74) is 0. The van der Waals surface area contributed by atoms with Gasteiger partial charge in [0.05, 0.1) is 6.04 Å². The molecule has 122 valence electrons. The van der Waals surface area contributed by atoms with Crippen LogP contribution < -0.4 is 10.6 Å². The second-order valence-electron chi connectivity index (χ2n) is 6.01. The molecule has 0 spiro atoms. The van der Waals surface area contributed by atoms with E-state index in [1.54, 1.807) is 11.3 Å². The summed E-state index contributed by atoms with van der Waals surface area (Å²) in [7, 11) is 3.94. The Bertz CT molecular complexity index is 482. The lowest BCUT2D eigenvalue weighted by atomic mass is 9.95. The molecular formula is C16H25N3O2S. The van der Waals surface area contributed by atoms with Gasteiger partial charge in [-0.3, -0.25) is 9.59 Å². The van der Waals surface area contributed by atoms with E-state index in [9.17, 15) is 9.59 Å². The highest BCUT2D eigenvalue weighted by Gasteiger charge is 2.22. The number of nitrogens with one attached hydrogen (secondary N) is 2. The van der Waals surface area contributed by atoms with Crippen LogP contribution in [-0.4, -0.2) is 43.4 Å². The summed E-state index contributed by atoms with van der Waals surface area (Å²) in [6.45, 7) is 0.435. The number of nitrogens with zero attached hydrogens (tertiary/aromatic N) is 1. The van der Waals surface area contributed by atoms with Crippen LogP contribution in [0.15, 0.2) is 17.5 Å². The van der Waals surface area contributed by atoms with Gasteiger partial charge in [0.2, 0.25) is 0 Å². The van der Waals surface area contributed by atoms with Crippen LogP contribution in [0.25, 0.3) is 0 Å². The Kier molecular flexibility index (Phi) is 6.39. The topological polar surface area (TPSA) is 61.4 Å². The summed E-state index contributed by atoms with van der Waals surface area (Å²) in [6, 6.07) is 4.29. The van der Waals surface area contributed by atoms with Crippen LogP contribution in [0.5, 0.6) is 0 Å². The van der Waals surface area contributed by atoms with Gasteiger partial charge < -0.3 is 15.5 Å². The molecule has 1 aromatic heterocycles. The third kappa shape index (κ3) is 4.81. The maximum atomic E-state index is 12.0. The van der Waals surface area contributed by atoms with Crippen molar-refractivity contribution in [3.05, 3.63) is 22.4 Å². The van der Waals surface area contributed by atoms with E-state index in [2.05, 4.69) is 10.6 Å². The molecule has 6 heteroatoms. The SMILES string of the molecule is CN(C)[C@H](CNC(=O)C(=O)NC1CCCCC1)c1cccs1. The molecule has 1 heterocycles. The minimum Gasteiger partial charge on any atom is -0.346 e. The van der Waals surface area contributed by atoms with E-state index >= 15 is 0 Å². The van der Waals surface area contributed by atoms with Gasteiger partial charge >= 0.3 is 11.8 Å². The molecule has 0 aliphatic heterocycles. The first-order valence-corrected chi connectivity index (χ1v) is 8.74. The number of rotatable bonds is 5. The molecule has 1 atom stereocenters. The first-order chi connectivity index (χ1) is 10.6. The molecule has 1 aliphatic carbocycles. The lowest BCUT2D eigenvalue weighted by Gasteiger charge is -2.24. The van der Waals surface area contributed by atoms with Crippen molar-refractivity contribution < 1.29 is 9.59 Å². The standard InChI is InChI=1S/C16H25N3O2S/c1-19(2)13(14-9-6-10-22-14)11-17-15(20)16(21)18-12-7-4-3-5-8-12/h6,9-10,12-13H,3-5,7-8,11H2,1-2H3,(H,17,20)(H,18,21)/t13-/m1/s1. The number of hydrogen-bond acceptors (Lipinski definition) is 4. The molecule has 5 nitrogen and oxygen atoms in total. The van der Waals surface area contributed by atoms with Gasteiger partial charge in [-0.1, -0.05) is 25.3 Å². The Morgan fingerprint density at radius 2 is 2.00 bits per heavy atom. The highest BCUT2D eigenvalue weighted by Crippen LogP contribution is 2.22. The monoisotopic (exact) mass is 323 g/mol. The number of thiophene rings is 1. The minimum absolute atomic E-state index is 0.0893. The molecule has 0 aromatic carbocycles. The maximum Gasteiger partial charge on any atom is 0.309 e. The Hall–Kier alpha value is -1.40. The molecule has 2 rings (SSSR count).